The molecule has 6 nitrogen and oxygen atoms in total. The van der Waals surface area contributed by atoms with Crippen LogP contribution in [0.25, 0.3) is 0 Å². The number of nitrogens with one attached hydrogen (secondary N) is 1. The lowest BCUT2D eigenvalue weighted by Gasteiger charge is -2.35. The van der Waals surface area contributed by atoms with Gasteiger partial charge in [0, 0.05) is 25.2 Å². The molecule has 1 aliphatic rings. The zero-order valence-electron chi connectivity index (χ0n) is 17.4. The van der Waals surface area contributed by atoms with Crippen molar-refractivity contribution in [2.24, 2.45) is 0 Å². The quantitative estimate of drug-likeness (QED) is 0.739. The van der Waals surface area contributed by atoms with Crippen LogP contribution in [0.5, 0.6) is 11.5 Å². The van der Waals surface area contributed by atoms with Crippen molar-refractivity contribution in [2.45, 2.75) is 26.0 Å². The minimum Gasteiger partial charge on any atom is -0.497 e. The van der Waals surface area contributed by atoms with Crippen LogP contribution in [0.2, 0.25) is 0 Å². The molecule has 156 valence electrons. The molecule has 0 unspecified atom stereocenters. The Balaban J connectivity index is 1.67. The second kappa shape index (κ2) is 10.3. The van der Waals surface area contributed by atoms with Gasteiger partial charge >= 0.3 is 0 Å². The van der Waals surface area contributed by atoms with Crippen molar-refractivity contribution >= 4 is 5.91 Å². The van der Waals surface area contributed by atoms with Gasteiger partial charge in [-0.05, 0) is 55.8 Å². The Labute approximate surface area is 172 Å². The van der Waals surface area contributed by atoms with Gasteiger partial charge < -0.3 is 19.5 Å². The van der Waals surface area contributed by atoms with Crippen LogP contribution < -0.4 is 14.8 Å². The van der Waals surface area contributed by atoms with Crippen LogP contribution in [-0.2, 0) is 4.74 Å². The highest BCUT2D eigenvalue weighted by Crippen LogP contribution is 2.24. The standard InChI is InChI=1S/C23H30N2O4/c1-17(2)29-21-10-6-19(7-11-21)23(26)24-16-22(25-12-14-28-15-13-25)18-4-8-20(27-3)9-5-18/h4-11,17,22H,12-16H2,1-3H3,(H,24,26)/t22-/m1/s1. The van der Waals surface area contributed by atoms with Gasteiger partial charge in [0.2, 0.25) is 0 Å². The molecule has 1 amide bonds. The van der Waals surface area contributed by atoms with Crippen molar-refractivity contribution in [3.8, 4) is 11.5 Å². The van der Waals surface area contributed by atoms with E-state index in [1.54, 1.807) is 19.2 Å². The van der Waals surface area contributed by atoms with E-state index in [2.05, 4.69) is 22.3 Å². The largest absolute Gasteiger partial charge is 0.497 e. The van der Waals surface area contributed by atoms with Crippen LogP contribution in [0.1, 0.15) is 35.8 Å². The predicted octanol–water partition coefficient (Wildman–Crippen LogP) is 3.29. The molecule has 0 spiro atoms. The molecule has 0 saturated carbocycles. The Morgan fingerprint density at radius 1 is 1.03 bits per heavy atom. The Morgan fingerprint density at radius 3 is 2.24 bits per heavy atom. The molecular formula is C23H30N2O4. The van der Waals surface area contributed by atoms with Crippen molar-refractivity contribution in [1.82, 2.24) is 10.2 Å². The number of carbonyl (C=O) groups is 1. The van der Waals surface area contributed by atoms with Gasteiger partial charge in [-0.25, -0.2) is 0 Å². The second-order valence-electron chi connectivity index (χ2n) is 7.34. The third kappa shape index (κ3) is 5.95. The molecule has 3 rings (SSSR count). The topological polar surface area (TPSA) is 60.0 Å². The van der Waals surface area contributed by atoms with E-state index in [9.17, 15) is 4.79 Å². The maximum Gasteiger partial charge on any atom is 0.251 e. The van der Waals surface area contributed by atoms with Crippen molar-refractivity contribution in [3.05, 3.63) is 59.7 Å². The van der Waals surface area contributed by atoms with E-state index in [1.165, 1.54) is 0 Å². The fourth-order valence-electron chi connectivity index (χ4n) is 3.42. The van der Waals surface area contributed by atoms with Crippen molar-refractivity contribution in [3.63, 3.8) is 0 Å². The first-order chi connectivity index (χ1) is 14.1. The van der Waals surface area contributed by atoms with Gasteiger partial charge in [0.25, 0.3) is 5.91 Å². The lowest BCUT2D eigenvalue weighted by molar-refractivity contribution is 0.0162. The van der Waals surface area contributed by atoms with Gasteiger partial charge in [0.1, 0.15) is 11.5 Å². The predicted molar refractivity (Wildman–Crippen MR) is 113 cm³/mol. The SMILES string of the molecule is COc1ccc([C@@H](CNC(=O)c2ccc(OC(C)C)cc2)N2CCOCC2)cc1. The maximum atomic E-state index is 12.7. The Kier molecular flexibility index (Phi) is 7.49. The molecule has 0 bridgehead atoms. The summed E-state index contributed by atoms with van der Waals surface area (Å²) in [5, 5.41) is 3.09. The van der Waals surface area contributed by atoms with Crippen LogP contribution in [0.15, 0.2) is 48.5 Å². The first-order valence-electron chi connectivity index (χ1n) is 10.1. The van der Waals surface area contributed by atoms with Crippen molar-refractivity contribution in [2.75, 3.05) is 40.0 Å². The number of benzene rings is 2. The molecule has 1 atom stereocenters. The monoisotopic (exact) mass is 398 g/mol. The van der Waals surface area contributed by atoms with E-state index in [0.29, 0.717) is 25.3 Å². The molecule has 0 aliphatic carbocycles. The van der Waals surface area contributed by atoms with Gasteiger partial charge in [0.05, 0.1) is 32.5 Å². The number of morpholine rings is 1. The van der Waals surface area contributed by atoms with Gasteiger partial charge in [-0.15, -0.1) is 0 Å². The van der Waals surface area contributed by atoms with Gasteiger partial charge in [-0.2, -0.15) is 0 Å². The number of ether oxygens (including phenoxy) is 3. The normalized spacial score (nSPS) is 15.7. The summed E-state index contributed by atoms with van der Waals surface area (Å²) < 4.78 is 16.4. The number of amides is 1. The number of hydrogen-bond donors (Lipinski definition) is 1. The van der Waals surface area contributed by atoms with E-state index in [1.807, 2.05) is 38.1 Å². The molecule has 2 aromatic rings. The second-order valence-corrected chi connectivity index (χ2v) is 7.34. The number of carbonyl (C=O) groups excluding carboxylic acids is 1. The van der Waals surface area contributed by atoms with E-state index < -0.39 is 0 Å². The van der Waals surface area contributed by atoms with Gasteiger partial charge in [-0.1, -0.05) is 12.1 Å². The van der Waals surface area contributed by atoms with E-state index in [4.69, 9.17) is 14.2 Å². The summed E-state index contributed by atoms with van der Waals surface area (Å²) in [5.74, 6) is 1.50. The van der Waals surface area contributed by atoms with E-state index >= 15 is 0 Å². The summed E-state index contributed by atoms with van der Waals surface area (Å²) in [4.78, 5) is 15.0. The molecule has 2 aromatic carbocycles. The highest BCUT2D eigenvalue weighted by atomic mass is 16.5. The van der Waals surface area contributed by atoms with Crippen molar-refractivity contribution < 1.29 is 19.0 Å². The third-order valence-corrected chi connectivity index (χ3v) is 4.93. The number of hydrogen-bond acceptors (Lipinski definition) is 5. The molecule has 1 saturated heterocycles. The molecule has 6 heteroatoms. The van der Waals surface area contributed by atoms with Gasteiger partial charge in [-0.3, -0.25) is 9.69 Å². The molecule has 1 N–H and O–H groups in total. The van der Waals surface area contributed by atoms with Crippen LogP contribution >= 0.6 is 0 Å². The maximum absolute atomic E-state index is 12.7. The average Bonchev–Trinajstić information content (AvgIpc) is 2.75. The fourth-order valence-corrected chi connectivity index (χ4v) is 3.42. The smallest absolute Gasteiger partial charge is 0.251 e. The van der Waals surface area contributed by atoms with E-state index in [-0.39, 0.29) is 18.1 Å². The fraction of sp³-hybridized carbons (Fsp3) is 0.435. The van der Waals surface area contributed by atoms with Crippen molar-refractivity contribution in [1.29, 1.82) is 0 Å². The zero-order valence-corrected chi connectivity index (χ0v) is 17.4. The van der Waals surface area contributed by atoms with Crippen LogP contribution in [0.3, 0.4) is 0 Å². The number of methoxy groups -OCH3 is 1. The zero-order chi connectivity index (χ0) is 20.6. The molecule has 1 heterocycles. The Bertz CT molecular complexity index is 768. The summed E-state index contributed by atoms with van der Waals surface area (Å²) in [6.45, 7) is 7.57. The highest BCUT2D eigenvalue weighted by Gasteiger charge is 2.23. The van der Waals surface area contributed by atoms with Crippen LogP contribution in [0, 0.1) is 0 Å². The molecule has 1 fully saturated rings. The number of nitrogens with zero attached hydrogens (tertiary/aromatic N) is 1. The summed E-state index contributed by atoms with van der Waals surface area (Å²) in [6, 6.07) is 15.4. The summed E-state index contributed by atoms with van der Waals surface area (Å²) in [7, 11) is 1.66. The summed E-state index contributed by atoms with van der Waals surface area (Å²) in [5.41, 5.74) is 1.77. The molecule has 29 heavy (non-hydrogen) atoms. The minimum absolute atomic E-state index is 0.0808. The molecular weight excluding hydrogens is 368 g/mol. The Hall–Kier alpha value is -2.57. The average molecular weight is 399 g/mol. The molecule has 0 radical (unpaired) electrons. The molecule has 1 aliphatic heterocycles. The Morgan fingerprint density at radius 2 is 1.66 bits per heavy atom. The van der Waals surface area contributed by atoms with Crippen LogP contribution in [0.4, 0.5) is 0 Å². The molecule has 0 aromatic heterocycles. The summed E-state index contributed by atoms with van der Waals surface area (Å²) in [6.07, 6.45) is 0.105. The first-order valence-corrected chi connectivity index (χ1v) is 10.1. The summed E-state index contributed by atoms with van der Waals surface area (Å²) >= 11 is 0. The van der Waals surface area contributed by atoms with E-state index in [0.717, 1.165) is 30.2 Å². The lowest BCUT2D eigenvalue weighted by Crippen LogP contribution is -2.43. The first kappa shape index (κ1) is 21.1. The highest BCUT2D eigenvalue weighted by molar-refractivity contribution is 5.94. The number of rotatable bonds is 8. The van der Waals surface area contributed by atoms with Gasteiger partial charge in [0.15, 0.2) is 0 Å². The third-order valence-electron chi connectivity index (χ3n) is 4.93. The minimum atomic E-state index is -0.0899. The van der Waals surface area contributed by atoms with Crippen LogP contribution in [-0.4, -0.2) is 56.9 Å². The lowest BCUT2D eigenvalue weighted by atomic mass is 10.0.